The van der Waals surface area contributed by atoms with E-state index in [0.29, 0.717) is 18.6 Å². The largest absolute Gasteiger partial charge is 0.398 e. The number of hydrogen-bond donors (Lipinski definition) is 1. The monoisotopic (exact) mass is 937 g/mol. The van der Waals surface area contributed by atoms with Crippen molar-refractivity contribution in [3.05, 3.63) is 79.4 Å². The highest BCUT2D eigenvalue weighted by Crippen LogP contribution is 2.43. The molecule has 350 valence electrons. The van der Waals surface area contributed by atoms with Gasteiger partial charge in [-0.15, -0.1) is 0 Å². The summed E-state index contributed by atoms with van der Waals surface area (Å²) in [6.07, 6.45) is 20.9. The third-order valence-corrected chi connectivity index (χ3v) is 16.3. The number of nitro groups is 1. The second-order valence-corrected chi connectivity index (χ2v) is 22.0. The van der Waals surface area contributed by atoms with Crippen LogP contribution >= 0.6 is 0 Å². The van der Waals surface area contributed by atoms with Crippen LogP contribution in [-0.4, -0.2) is 64.2 Å². The number of nitrogens with zero attached hydrogens (tertiary/aromatic N) is 6. The Morgan fingerprint density at radius 1 is 0.591 bits per heavy atom. The predicted octanol–water partition coefficient (Wildman–Crippen LogP) is 10.3. The second kappa shape index (κ2) is 19.4. The molecule has 0 radical (unpaired) electrons. The average molecular weight is 938 g/mol. The Morgan fingerprint density at radius 2 is 1.02 bits per heavy atom. The smallest absolute Gasteiger partial charge is 0.283 e. The lowest BCUT2D eigenvalue weighted by Gasteiger charge is -2.22. The molecule has 0 unspecified atom stereocenters. The number of anilines is 1. The molecule has 15 nitrogen and oxygen atoms in total. The number of nitrogens with two attached hydrogens (primary N) is 1. The number of rotatable bonds is 24. The van der Waals surface area contributed by atoms with E-state index in [9.17, 15) is 36.5 Å². The third kappa shape index (κ3) is 8.76. The lowest BCUT2D eigenvalue weighted by Crippen LogP contribution is -2.33. The lowest BCUT2D eigenvalue weighted by molar-refractivity contribution is -0.383. The summed E-state index contributed by atoms with van der Waals surface area (Å²) in [7, 11) is -7.73. The van der Waals surface area contributed by atoms with Crippen LogP contribution in [0.3, 0.4) is 0 Å². The van der Waals surface area contributed by atoms with E-state index in [-0.39, 0.29) is 75.6 Å². The molecule has 4 aromatic heterocycles. The minimum absolute atomic E-state index is 0.00447. The summed E-state index contributed by atoms with van der Waals surface area (Å²) in [6, 6.07) is 11.3. The van der Waals surface area contributed by atoms with Crippen LogP contribution < -0.4 is 16.9 Å². The molecule has 2 N–H and O–H groups in total. The van der Waals surface area contributed by atoms with Crippen LogP contribution in [0.1, 0.15) is 129 Å². The number of sulfone groups is 1. The van der Waals surface area contributed by atoms with Crippen molar-refractivity contribution >= 4 is 96.9 Å². The molecule has 0 spiro atoms. The zero-order valence-electron chi connectivity index (χ0n) is 38.1. The van der Waals surface area contributed by atoms with Crippen molar-refractivity contribution in [2.24, 2.45) is 0 Å². The fraction of sp³-hybridized carbons (Fsp3) is 0.469. The van der Waals surface area contributed by atoms with E-state index in [0.717, 1.165) is 57.6 Å². The van der Waals surface area contributed by atoms with Crippen LogP contribution in [0.4, 0.5) is 11.4 Å². The fourth-order valence-electron chi connectivity index (χ4n) is 9.78. The molecule has 66 heavy (non-hydrogen) atoms. The Kier molecular flexibility index (Phi) is 13.8. The topological polar surface area (TPSA) is 209 Å². The van der Waals surface area contributed by atoms with Crippen molar-refractivity contribution < 1.29 is 21.8 Å². The number of nitro benzene ring substituents is 1. The van der Waals surface area contributed by atoms with Crippen LogP contribution in [0.15, 0.2) is 67.9 Å². The van der Waals surface area contributed by atoms with Crippen LogP contribution in [0.5, 0.6) is 0 Å². The molecule has 8 rings (SSSR count). The summed E-state index contributed by atoms with van der Waals surface area (Å²) in [4.78, 5) is 51.0. The fourth-order valence-corrected chi connectivity index (χ4v) is 12.0. The summed E-state index contributed by atoms with van der Waals surface area (Å²) in [6.45, 7) is 5.15. The minimum atomic E-state index is -4.05. The molecule has 0 saturated heterocycles. The molecule has 0 aliphatic carbocycles. The standard InChI is InChI=1S/C49H59N7O8S2/c1-4-6-8-10-12-14-16-18-20-26-53(27-21-19-17-15-13-11-9-7-5-2)66(63,64)33-23-25-38-40(29-33)55-46(51-38)34-30-36(50)44-42-35(31-41(56(59)60)45(43(34)42)49(55)58)47-52-37-24-22-32(65(3,61)62)28-39(37)54(47)48(44)57/h22-25,28-31H,4-21,26-27,50H2,1-3H3. The third-order valence-electron chi connectivity index (χ3n) is 13.3. The summed E-state index contributed by atoms with van der Waals surface area (Å²) in [5.74, 6) is 0. The highest BCUT2D eigenvalue weighted by atomic mass is 32.2. The molecule has 0 aliphatic rings. The highest BCUT2D eigenvalue weighted by Gasteiger charge is 2.31. The van der Waals surface area contributed by atoms with Gasteiger partial charge in [-0.2, -0.15) is 4.31 Å². The number of unbranched alkanes of at least 4 members (excludes halogenated alkanes) is 16. The number of aromatic nitrogens is 4. The zero-order valence-corrected chi connectivity index (χ0v) is 39.7. The van der Waals surface area contributed by atoms with Gasteiger partial charge >= 0.3 is 0 Å². The summed E-state index contributed by atoms with van der Waals surface area (Å²) in [5.41, 5.74) is 5.68. The number of hydrogen-bond acceptors (Lipinski definition) is 11. The molecule has 0 fully saturated rings. The normalized spacial score (nSPS) is 12.8. The van der Waals surface area contributed by atoms with Crippen LogP contribution in [0.2, 0.25) is 0 Å². The van der Waals surface area contributed by atoms with Crippen molar-refractivity contribution in [3.8, 4) is 0 Å². The molecule has 8 aromatic rings. The molecular formula is C49H59N7O8S2. The molecule has 17 heteroatoms. The van der Waals surface area contributed by atoms with Crippen LogP contribution in [-0.2, 0) is 19.9 Å². The van der Waals surface area contributed by atoms with Gasteiger partial charge in [0, 0.05) is 52.6 Å². The summed E-state index contributed by atoms with van der Waals surface area (Å²) in [5, 5.41) is 13.3. The molecular weight excluding hydrogens is 879 g/mol. The number of benzene rings is 4. The Bertz CT molecular complexity index is 3440. The van der Waals surface area contributed by atoms with Gasteiger partial charge in [-0.1, -0.05) is 117 Å². The van der Waals surface area contributed by atoms with Crippen molar-refractivity contribution in [2.45, 2.75) is 139 Å². The Morgan fingerprint density at radius 3 is 1.50 bits per heavy atom. The number of non-ortho nitro benzene ring substituents is 1. The molecule has 0 bridgehead atoms. The average Bonchev–Trinajstić information content (AvgIpc) is 3.87. The van der Waals surface area contributed by atoms with Gasteiger partial charge in [-0.25, -0.2) is 26.8 Å². The first-order chi connectivity index (χ1) is 31.7. The van der Waals surface area contributed by atoms with Crippen LogP contribution in [0.25, 0.3) is 65.7 Å². The van der Waals surface area contributed by atoms with E-state index in [1.54, 1.807) is 10.4 Å². The van der Waals surface area contributed by atoms with E-state index in [1.165, 1.54) is 115 Å². The van der Waals surface area contributed by atoms with E-state index in [2.05, 4.69) is 18.8 Å². The van der Waals surface area contributed by atoms with E-state index < -0.39 is 41.6 Å². The van der Waals surface area contributed by atoms with Gasteiger partial charge < -0.3 is 5.73 Å². The minimum Gasteiger partial charge on any atom is -0.398 e. The maximum absolute atomic E-state index is 14.9. The van der Waals surface area contributed by atoms with Gasteiger partial charge in [-0.3, -0.25) is 28.5 Å². The second-order valence-electron chi connectivity index (χ2n) is 18.0. The van der Waals surface area contributed by atoms with Crippen molar-refractivity contribution in [1.29, 1.82) is 0 Å². The van der Waals surface area contributed by atoms with Gasteiger partial charge in [0.2, 0.25) is 10.0 Å². The van der Waals surface area contributed by atoms with Gasteiger partial charge in [0.05, 0.1) is 42.2 Å². The van der Waals surface area contributed by atoms with Crippen molar-refractivity contribution in [2.75, 3.05) is 25.1 Å². The molecule has 4 heterocycles. The number of fused-ring (bicyclic) bond motifs is 8. The SMILES string of the molecule is CCCCCCCCCCCN(CCCCCCCCCCC)S(=O)(=O)c1ccc2nc3c4cc(N)c5c(=O)n6c7cc(S(C)(=O)=O)ccc7nc6c6cc([N+](=O)[O-])c(c(=O)n3c2c1)c4c56. The zero-order chi connectivity index (χ0) is 46.9. The van der Waals surface area contributed by atoms with Gasteiger partial charge in [0.25, 0.3) is 16.8 Å². The number of pyridine rings is 2. The Balaban J connectivity index is 1.21. The molecule has 4 aromatic carbocycles. The maximum Gasteiger partial charge on any atom is 0.283 e. The van der Waals surface area contributed by atoms with E-state index in [1.807, 2.05) is 0 Å². The Hall–Kier alpha value is -5.52. The number of imidazole rings is 2. The van der Waals surface area contributed by atoms with Gasteiger partial charge in [0.1, 0.15) is 16.7 Å². The lowest BCUT2D eigenvalue weighted by atomic mass is 9.94. The molecule has 0 atom stereocenters. The van der Waals surface area contributed by atoms with Gasteiger partial charge in [-0.05, 0) is 55.3 Å². The number of nitrogen functional groups attached to an aromatic ring is 1. The van der Waals surface area contributed by atoms with Gasteiger partial charge in [0.15, 0.2) is 9.84 Å². The summed E-state index contributed by atoms with van der Waals surface area (Å²) < 4.78 is 58.2. The molecule has 0 saturated carbocycles. The highest BCUT2D eigenvalue weighted by molar-refractivity contribution is 7.90. The molecule has 0 amide bonds. The van der Waals surface area contributed by atoms with Crippen molar-refractivity contribution in [3.63, 3.8) is 0 Å². The quantitative estimate of drug-likeness (QED) is 0.0198. The van der Waals surface area contributed by atoms with Crippen molar-refractivity contribution in [1.82, 2.24) is 23.1 Å². The van der Waals surface area contributed by atoms with E-state index >= 15 is 0 Å². The maximum atomic E-state index is 14.9. The van der Waals surface area contributed by atoms with Crippen LogP contribution in [0, 0.1) is 10.1 Å². The molecule has 0 aliphatic heterocycles. The first kappa shape index (κ1) is 47.0. The van der Waals surface area contributed by atoms with E-state index in [4.69, 9.17) is 10.7 Å². The predicted molar refractivity (Wildman–Crippen MR) is 264 cm³/mol. The summed E-state index contributed by atoms with van der Waals surface area (Å²) >= 11 is 0. The first-order valence-corrected chi connectivity index (χ1v) is 26.9. The Labute approximate surface area is 383 Å². The first-order valence-electron chi connectivity index (χ1n) is 23.6. The number of sulfonamides is 1.